The van der Waals surface area contributed by atoms with Gasteiger partial charge in [-0.1, -0.05) is 49.4 Å². The number of aromatic hydroxyl groups is 2. The molecule has 1 unspecified atom stereocenters. The van der Waals surface area contributed by atoms with Crippen molar-refractivity contribution in [2.45, 2.75) is 38.7 Å². The fraction of sp³-hybridized carbons (Fsp3) is 0.273. The van der Waals surface area contributed by atoms with Crippen LogP contribution < -0.4 is 4.74 Å². The Balaban J connectivity index is 1.69. The Hall–Kier alpha value is -2.68. The zero-order valence-corrected chi connectivity index (χ0v) is 14.3. The summed E-state index contributed by atoms with van der Waals surface area (Å²) in [6.45, 7) is 2.12. The zero-order valence-electron chi connectivity index (χ0n) is 14.3. The average molecular weight is 334 g/mol. The SMILES string of the molecule is CCc1ccccc1OC1CCc2c(c(O)c3ccccc3c2O)C1. The molecule has 0 spiro atoms. The van der Waals surface area contributed by atoms with Gasteiger partial charge in [0.05, 0.1) is 0 Å². The Labute approximate surface area is 147 Å². The van der Waals surface area contributed by atoms with Crippen LogP contribution in [0, 0.1) is 0 Å². The number of fused-ring (bicyclic) bond motifs is 2. The van der Waals surface area contributed by atoms with Gasteiger partial charge in [-0.15, -0.1) is 0 Å². The number of phenols is 2. The number of aryl methyl sites for hydroxylation is 1. The summed E-state index contributed by atoms with van der Waals surface area (Å²) in [5, 5.41) is 22.8. The van der Waals surface area contributed by atoms with Crippen molar-refractivity contribution < 1.29 is 14.9 Å². The summed E-state index contributed by atoms with van der Waals surface area (Å²) in [6, 6.07) is 15.6. The first-order valence-corrected chi connectivity index (χ1v) is 8.88. The van der Waals surface area contributed by atoms with Gasteiger partial charge < -0.3 is 14.9 Å². The highest BCUT2D eigenvalue weighted by Crippen LogP contribution is 2.43. The van der Waals surface area contributed by atoms with E-state index in [1.165, 1.54) is 5.56 Å². The van der Waals surface area contributed by atoms with Crippen LogP contribution in [-0.2, 0) is 19.3 Å². The quantitative estimate of drug-likeness (QED) is 0.680. The molecule has 128 valence electrons. The fourth-order valence-electron chi connectivity index (χ4n) is 3.82. The standard InChI is InChI=1S/C22H22O3/c1-2-14-7-3-6-10-20(14)25-15-11-12-18-19(13-15)22(24)17-9-5-4-8-16(17)21(18)23/h3-10,15,23-24H,2,11-13H2,1H3. The van der Waals surface area contributed by atoms with Gasteiger partial charge in [0.25, 0.3) is 0 Å². The minimum Gasteiger partial charge on any atom is -0.507 e. The first-order chi connectivity index (χ1) is 12.2. The molecular weight excluding hydrogens is 312 g/mol. The second kappa shape index (κ2) is 6.32. The minimum atomic E-state index is 0.00617. The van der Waals surface area contributed by atoms with E-state index in [2.05, 4.69) is 13.0 Å². The van der Waals surface area contributed by atoms with Crippen LogP contribution in [0.15, 0.2) is 48.5 Å². The third-order valence-corrected chi connectivity index (χ3v) is 5.17. The largest absolute Gasteiger partial charge is 0.507 e. The molecule has 3 heteroatoms. The van der Waals surface area contributed by atoms with E-state index in [0.29, 0.717) is 24.0 Å². The summed E-state index contributed by atoms with van der Waals surface area (Å²) in [7, 11) is 0. The van der Waals surface area contributed by atoms with Crippen molar-refractivity contribution in [3.8, 4) is 17.2 Å². The molecule has 1 aliphatic carbocycles. The molecule has 0 saturated heterocycles. The number of hydrogen-bond acceptors (Lipinski definition) is 3. The smallest absolute Gasteiger partial charge is 0.127 e. The van der Waals surface area contributed by atoms with Crippen LogP contribution in [0.1, 0.15) is 30.0 Å². The van der Waals surface area contributed by atoms with Crippen LogP contribution in [-0.4, -0.2) is 16.3 Å². The normalized spacial score (nSPS) is 16.6. The van der Waals surface area contributed by atoms with E-state index in [4.69, 9.17) is 4.74 Å². The number of hydrogen-bond donors (Lipinski definition) is 2. The Morgan fingerprint density at radius 2 is 1.56 bits per heavy atom. The number of benzene rings is 3. The molecule has 3 aromatic rings. The van der Waals surface area contributed by atoms with Gasteiger partial charge in [-0.05, 0) is 30.9 Å². The van der Waals surface area contributed by atoms with E-state index in [0.717, 1.165) is 35.1 Å². The Morgan fingerprint density at radius 3 is 2.28 bits per heavy atom. The molecule has 0 radical (unpaired) electrons. The van der Waals surface area contributed by atoms with Crippen LogP contribution in [0.2, 0.25) is 0 Å². The minimum absolute atomic E-state index is 0.00617. The number of ether oxygens (including phenoxy) is 1. The molecule has 0 aliphatic heterocycles. The van der Waals surface area contributed by atoms with Crippen LogP contribution in [0.4, 0.5) is 0 Å². The van der Waals surface area contributed by atoms with Crippen molar-refractivity contribution in [1.29, 1.82) is 0 Å². The molecule has 0 amide bonds. The summed E-state index contributed by atoms with van der Waals surface area (Å²) in [5.74, 6) is 1.50. The first kappa shape index (κ1) is 15.8. The van der Waals surface area contributed by atoms with Crippen molar-refractivity contribution in [3.63, 3.8) is 0 Å². The molecular formula is C22H22O3. The van der Waals surface area contributed by atoms with Crippen molar-refractivity contribution in [3.05, 3.63) is 65.2 Å². The highest BCUT2D eigenvalue weighted by atomic mass is 16.5. The van der Waals surface area contributed by atoms with Crippen molar-refractivity contribution >= 4 is 10.8 Å². The molecule has 4 rings (SSSR count). The highest BCUT2D eigenvalue weighted by Gasteiger charge is 2.27. The number of phenolic OH excluding ortho intramolecular Hbond substituents is 2. The third-order valence-electron chi connectivity index (χ3n) is 5.17. The van der Waals surface area contributed by atoms with Crippen LogP contribution in [0.25, 0.3) is 10.8 Å². The monoisotopic (exact) mass is 334 g/mol. The predicted octanol–water partition coefficient (Wildman–Crippen LogP) is 4.75. The molecule has 0 heterocycles. The molecule has 3 aromatic carbocycles. The number of para-hydroxylation sites is 1. The second-order valence-electron chi connectivity index (χ2n) is 6.64. The summed E-state index contributed by atoms with van der Waals surface area (Å²) >= 11 is 0. The lowest BCUT2D eigenvalue weighted by Gasteiger charge is -2.28. The van der Waals surface area contributed by atoms with Gasteiger partial charge in [-0.25, -0.2) is 0 Å². The van der Waals surface area contributed by atoms with E-state index in [-0.39, 0.29) is 11.9 Å². The Bertz CT molecular complexity index is 930. The Kier molecular flexibility index (Phi) is 4.00. The van der Waals surface area contributed by atoms with E-state index in [1.54, 1.807) is 0 Å². The van der Waals surface area contributed by atoms with Gasteiger partial charge in [0.15, 0.2) is 0 Å². The summed E-state index contributed by atoms with van der Waals surface area (Å²) in [5.41, 5.74) is 2.88. The van der Waals surface area contributed by atoms with Crippen LogP contribution >= 0.6 is 0 Å². The van der Waals surface area contributed by atoms with Crippen LogP contribution in [0.3, 0.4) is 0 Å². The molecule has 25 heavy (non-hydrogen) atoms. The number of rotatable bonds is 3. The predicted molar refractivity (Wildman–Crippen MR) is 99.5 cm³/mol. The lowest BCUT2D eigenvalue weighted by molar-refractivity contribution is 0.181. The van der Waals surface area contributed by atoms with Gasteiger partial charge in [0.1, 0.15) is 23.4 Å². The van der Waals surface area contributed by atoms with E-state index in [1.807, 2.05) is 42.5 Å². The highest BCUT2D eigenvalue weighted by molar-refractivity contribution is 5.95. The second-order valence-corrected chi connectivity index (χ2v) is 6.64. The fourth-order valence-corrected chi connectivity index (χ4v) is 3.82. The summed E-state index contributed by atoms with van der Waals surface area (Å²) in [4.78, 5) is 0. The maximum atomic E-state index is 10.7. The molecule has 1 aliphatic rings. The van der Waals surface area contributed by atoms with Gasteiger partial charge in [0.2, 0.25) is 0 Å². The topological polar surface area (TPSA) is 49.7 Å². The average Bonchev–Trinajstić information content (AvgIpc) is 2.66. The van der Waals surface area contributed by atoms with Gasteiger partial charge in [-0.2, -0.15) is 0 Å². The molecule has 0 fully saturated rings. The lowest BCUT2D eigenvalue weighted by atomic mass is 9.85. The maximum absolute atomic E-state index is 10.7. The molecule has 0 aromatic heterocycles. The Morgan fingerprint density at radius 1 is 0.920 bits per heavy atom. The van der Waals surface area contributed by atoms with Gasteiger partial charge in [0, 0.05) is 28.3 Å². The maximum Gasteiger partial charge on any atom is 0.127 e. The molecule has 0 bridgehead atoms. The first-order valence-electron chi connectivity index (χ1n) is 8.88. The van der Waals surface area contributed by atoms with Gasteiger partial charge >= 0.3 is 0 Å². The summed E-state index contributed by atoms with van der Waals surface area (Å²) in [6.07, 6.45) is 3.08. The van der Waals surface area contributed by atoms with Gasteiger partial charge in [-0.3, -0.25) is 0 Å². The molecule has 3 nitrogen and oxygen atoms in total. The van der Waals surface area contributed by atoms with E-state index >= 15 is 0 Å². The van der Waals surface area contributed by atoms with E-state index < -0.39 is 0 Å². The van der Waals surface area contributed by atoms with Crippen molar-refractivity contribution in [1.82, 2.24) is 0 Å². The van der Waals surface area contributed by atoms with Crippen LogP contribution in [0.5, 0.6) is 17.2 Å². The molecule has 1 atom stereocenters. The lowest BCUT2D eigenvalue weighted by Crippen LogP contribution is -2.26. The van der Waals surface area contributed by atoms with Crippen molar-refractivity contribution in [2.24, 2.45) is 0 Å². The molecule has 0 saturated carbocycles. The van der Waals surface area contributed by atoms with Crippen molar-refractivity contribution in [2.75, 3.05) is 0 Å². The summed E-state index contributed by atoms with van der Waals surface area (Å²) < 4.78 is 6.25. The third kappa shape index (κ3) is 2.70. The molecule has 2 N–H and O–H groups in total. The van der Waals surface area contributed by atoms with E-state index in [9.17, 15) is 10.2 Å². The zero-order chi connectivity index (χ0) is 17.4.